The summed E-state index contributed by atoms with van der Waals surface area (Å²) in [5, 5.41) is 19.3. The van der Waals surface area contributed by atoms with Gasteiger partial charge in [-0.1, -0.05) is 23.2 Å². The first-order valence-electron chi connectivity index (χ1n) is 11.0. The van der Waals surface area contributed by atoms with Gasteiger partial charge in [0.15, 0.2) is 0 Å². The minimum atomic E-state index is 0.138. The largest absolute Gasteiger partial charge is 0.489 e. The summed E-state index contributed by atoms with van der Waals surface area (Å²) in [5.74, 6) is 1.17. The molecule has 1 spiro atoms. The summed E-state index contributed by atoms with van der Waals surface area (Å²) in [7, 11) is 2.11. The average molecular weight is 508 g/mol. The Balaban J connectivity index is 1.34. The van der Waals surface area contributed by atoms with Crippen molar-refractivity contribution in [3.05, 3.63) is 75.2 Å². The number of hydrogen-bond donors (Lipinski definition) is 2. The number of ether oxygens (including phenoxy) is 1. The van der Waals surface area contributed by atoms with Crippen molar-refractivity contribution in [1.82, 2.24) is 14.9 Å². The molecule has 0 unspecified atom stereocenters. The maximum Gasteiger partial charge on any atom is 0.146 e. The zero-order chi connectivity index (χ0) is 24.7. The van der Waals surface area contributed by atoms with E-state index in [9.17, 15) is 5.26 Å². The van der Waals surface area contributed by atoms with Crippen LogP contribution >= 0.6 is 23.2 Å². The van der Waals surface area contributed by atoms with Crippen molar-refractivity contribution in [2.75, 3.05) is 43.9 Å². The molecule has 2 aliphatic heterocycles. The van der Waals surface area contributed by atoms with Crippen molar-refractivity contribution in [1.29, 1.82) is 10.7 Å². The van der Waals surface area contributed by atoms with Crippen LogP contribution in [0.2, 0.25) is 10.0 Å². The molecule has 0 amide bonds. The van der Waals surface area contributed by atoms with E-state index in [1.54, 1.807) is 30.5 Å². The van der Waals surface area contributed by atoms with Crippen molar-refractivity contribution < 1.29 is 4.74 Å². The Morgan fingerprint density at radius 2 is 1.89 bits per heavy atom. The summed E-state index contributed by atoms with van der Waals surface area (Å²) in [4.78, 5) is 12.9. The van der Waals surface area contributed by atoms with Crippen LogP contribution in [0.15, 0.2) is 42.9 Å². The van der Waals surface area contributed by atoms with Crippen LogP contribution < -0.4 is 15.4 Å². The molecule has 3 N–H and O–H groups in total. The van der Waals surface area contributed by atoms with E-state index in [0.717, 1.165) is 26.2 Å². The number of nitrogens with two attached hydrogens (primary N) is 1. The van der Waals surface area contributed by atoms with Gasteiger partial charge in [0.1, 0.15) is 24.2 Å². The normalized spacial score (nSPS) is 16.3. The van der Waals surface area contributed by atoms with Crippen molar-refractivity contribution in [3.63, 3.8) is 0 Å². The van der Waals surface area contributed by atoms with Crippen LogP contribution in [0.5, 0.6) is 5.75 Å². The lowest BCUT2D eigenvalue weighted by atomic mass is 9.73. The second-order valence-electron chi connectivity index (χ2n) is 9.23. The summed E-state index contributed by atoms with van der Waals surface area (Å²) in [6, 6.07) is 9.02. The molecule has 5 rings (SSSR count). The molecule has 0 atom stereocenters. The van der Waals surface area contributed by atoms with E-state index in [1.165, 1.54) is 12.4 Å². The fourth-order valence-electron chi connectivity index (χ4n) is 4.87. The van der Waals surface area contributed by atoms with Crippen molar-refractivity contribution in [2.24, 2.45) is 5.41 Å². The summed E-state index contributed by atoms with van der Waals surface area (Å²) >= 11 is 12.3. The lowest BCUT2D eigenvalue weighted by Gasteiger charge is -2.60. The van der Waals surface area contributed by atoms with Gasteiger partial charge in [-0.05, 0) is 31.3 Å². The maximum atomic E-state index is 9.76. The Morgan fingerprint density at radius 1 is 1.17 bits per heavy atom. The van der Waals surface area contributed by atoms with Gasteiger partial charge in [-0.3, -0.25) is 10.4 Å². The molecule has 3 aromatic rings. The quantitative estimate of drug-likeness (QED) is 0.382. The van der Waals surface area contributed by atoms with Crippen LogP contribution in [-0.4, -0.2) is 53.8 Å². The van der Waals surface area contributed by atoms with Gasteiger partial charge < -0.3 is 20.3 Å². The van der Waals surface area contributed by atoms with Crippen LogP contribution in [0.25, 0.3) is 0 Å². The topological polar surface area (TPSA) is 115 Å². The highest BCUT2D eigenvalue weighted by atomic mass is 35.5. The molecule has 2 aliphatic rings. The van der Waals surface area contributed by atoms with Crippen molar-refractivity contribution in [2.45, 2.75) is 6.61 Å². The number of likely N-dealkylation sites (tertiary alicyclic amines) is 1. The molecule has 10 heteroatoms. The summed E-state index contributed by atoms with van der Waals surface area (Å²) < 4.78 is 5.87. The van der Waals surface area contributed by atoms with Crippen LogP contribution in [0, 0.1) is 22.2 Å². The first kappa shape index (κ1) is 23.4. The second kappa shape index (κ2) is 9.00. The van der Waals surface area contributed by atoms with Crippen molar-refractivity contribution >= 4 is 40.4 Å². The summed E-state index contributed by atoms with van der Waals surface area (Å²) in [6.45, 7) is 4.08. The molecule has 4 heterocycles. The predicted octanol–water partition coefficient (Wildman–Crippen LogP) is 3.98. The number of rotatable bonds is 6. The van der Waals surface area contributed by atoms with Gasteiger partial charge in [-0.25, -0.2) is 4.98 Å². The zero-order valence-electron chi connectivity index (χ0n) is 19.1. The Kier molecular flexibility index (Phi) is 6.01. The number of nitrogens with zero attached hydrogens (tertiary/aromatic N) is 5. The Bertz CT molecular complexity index is 1340. The number of nitrogens with one attached hydrogen (secondary N) is 1. The van der Waals surface area contributed by atoms with E-state index in [2.05, 4.69) is 32.9 Å². The van der Waals surface area contributed by atoms with Crippen LogP contribution in [-0.2, 0) is 6.61 Å². The molecule has 2 fully saturated rings. The summed E-state index contributed by atoms with van der Waals surface area (Å²) in [6.07, 6.45) is 4.63. The number of nitrogen functional groups attached to an aromatic ring is 1. The Morgan fingerprint density at radius 3 is 2.54 bits per heavy atom. The number of hydrogen-bond acceptors (Lipinski definition) is 8. The molecular weight excluding hydrogens is 485 g/mol. The molecule has 0 bridgehead atoms. The van der Waals surface area contributed by atoms with E-state index < -0.39 is 0 Å². The van der Waals surface area contributed by atoms with Gasteiger partial charge >= 0.3 is 0 Å². The molecule has 1 aromatic carbocycles. The fraction of sp³-hybridized carbons (Fsp3) is 0.280. The molecule has 35 heavy (non-hydrogen) atoms. The minimum absolute atomic E-state index is 0.138. The van der Waals surface area contributed by atoms with E-state index in [1.807, 2.05) is 0 Å². The molecule has 2 saturated heterocycles. The van der Waals surface area contributed by atoms with E-state index in [4.69, 9.17) is 39.1 Å². The van der Waals surface area contributed by atoms with Crippen LogP contribution in [0.3, 0.4) is 0 Å². The zero-order valence-corrected chi connectivity index (χ0v) is 20.6. The standard InChI is InChI=1S/C25H23Cl2N7O/c1-33-11-25(12-33)13-34(14-25)24-15(6-28)4-16(7-32-24)23(30)18-5-17(2-3-22(18)29)35-10-19-20(26)8-31-9-21(19)27/h2-5,7-9,30H,10-14,29H2,1H3. The average Bonchev–Trinajstić information content (AvgIpc) is 2.80. The van der Waals surface area contributed by atoms with E-state index in [-0.39, 0.29) is 12.3 Å². The first-order chi connectivity index (χ1) is 16.8. The maximum absolute atomic E-state index is 9.76. The molecule has 178 valence electrons. The summed E-state index contributed by atoms with van der Waals surface area (Å²) in [5.41, 5.74) is 9.14. The fourth-order valence-corrected chi connectivity index (χ4v) is 5.34. The van der Waals surface area contributed by atoms with Gasteiger partial charge in [0.05, 0.1) is 21.3 Å². The molecule has 8 nitrogen and oxygen atoms in total. The highest BCUT2D eigenvalue weighted by Crippen LogP contribution is 2.41. The smallest absolute Gasteiger partial charge is 0.146 e. The number of benzene rings is 1. The van der Waals surface area contributed by atoms with Crippen LogP contribution in [0.1, 0.15) is 22.3 Å². The lowest BCUT2D eigenvalue weighted by molar-refractivity contribution is -0.00282. The van der Waals surface area contributed by atoms with E-state index in [0.29, 0.717) is 55.0 Å². The van der Waals surface area contributed by atoms with Crippen LogP contribution in [0.4, 0.5) is 11.5 Å². The van der Waals surface area contributed by atoms with Gasteiger partial charge in [-0.15, -0.1) is 0 Å². The van der Waals surface area contributed by atoms with Gasteiger partial charge in [0.2, 0.25) is 0 Å². The molecular formula is C25H23Cl2N7O. The monoisotopic (exact) mass is 507 g/mol. The molecule has 0 aliphatic carbocycles. The SMILES string of the molecule is CN1CC2(C1)CN(c1ncc(C(=N)c3cc(OCc4c(Cl)cncc4Cl)ccc3N)cc1C#N)C2. The highest BCUT2D eigenvalue weighted by Gasteiger charge is 2.51. The molecule has 0 saturated carbocycles. The van der Waals surface area contributed by atoms with Gasteiger partial charge in [-0.2, -0.15) is 5.26 Å². The third-order valence-corrected chi connectivity index (χ3v) is 7.12. The third kappa shape index (κ3) is 4.39. The number of halogens is 2. The third-order valence-electron chi connectivity index (χ3n) is 6.47. The number of anilines is 2. The lowest BCUT2D eigenvalue weighted by Crippen LogP contribution is -2.71. The van der Waals surface area contributed by atoms with Crippen molar-refractivity contribution in [3.8, 4) is 11.8 Å². The number of nitriles is 1. The first-order valence-corrected chi connectivity index (χ1v) is 11.8. The molecule has 2 aromatic heterocycles. The Labute approximate surface area is 213 Å². The Hall–Kier alpha value is -3.38. The highest BCUT2D eigenvalue weighted by molar-refractivity contribution is 6.35. The molecule has 0 radical (unpaired) electrons. The number of pyridine rings is 2. The van der Waals surface area contributed by atoms with Gasteiger partial charge in [0.25, 0.3) is 0 Å². The second-order valence-corrected chi connectivity index (χ2v) is 10.0. The number of aromatic nitrogens is 2. The van der Waals surface area contributed by atoms with Gasteiger partial charge in [0, 0.05) is 72.6 Å². The van der Waals surface area contributed by atoms with E-state index >= 15 is 0 Å². The predicted molar refractivity (Wildman–Crippen MR) is 136 cm³/mol. The minimum Gasteiger partial charge on any atom is -0.489 e.